The summed E-state index contributed by atoms with van der Waals surface area (Å²) in [6.07, 6.45) is 0. The number of nitrogens with one attached hydrogen (secondary N) is 1. The Bertz CT molecular complexity index is 951. The first kappa shape index (κ1) is 16.8. The van der Waals surface area contributed by atoms with Crippen molar-refractivity contribution in [2.24, 2.45) is 0 Å². The zero-order valence-electron chi connectivity index (χ0n) is 12.9. The summed E-state index contributed by atoms with van der Waals surface area (Å²) in [5, 5.41) is 2.68. The molecule has 3 aromatic rings. The number of hydrogen-bond donors (Lipinski definition) is 1. The van der Waals surface area contributed by atoms with E-state index in [-0.39, 0.29) is 11.4 Å². The number of aryl methyl sites for hydroxylation is 1. The monoisotopic (exact) mass is 362 g/mol. The fourth-order valence-electron chi connectivity index (χ4n) is 2.19. The molecule has 1 heterocycles. The third-order valence-corrected chi connectivity index (χ3v) is 5.84. The zero-order valence-corrected chi connectivity index (χ0v) is 14.5. The minimum Gasteiger partial charge on any atom is -0.240 e. The fraction of sp³-hybridized carbons (Fsp3) is 0.118. The van der Waals surface area contributed by atoms with E-state index in [0.29, 0.717) is 5.69 Å². The van der Waals surface area contributed by atoms with Gasteiger partial charge in [0.1, 0.15) is 10.8 Å². The van der Waals surface area contributed by atoms with Crippen LogP contribution in [-0.2, 0) is 16.6 Å². The summed E-state index contributed by atoms with van der Waals surface area (Å²) in [5.41, 5.74) is 2.80. The normalized spacial score (nSPS) is 11.6. The number of aromatic nitrogens is 1. The maximum Gasteiger partial charge on any atom is 0.240 e. The summed E-state index contributed by atoms with van der Waals surface area (Å²) in [6, 6.07) is 12.6. The highest BCUT2D eigenvalue weighted by molar-refractivity contribution is 7.89. The lowest BCUT2D eigenvalue weighted by Gasteiger charge is -2.05. The molecule has 4 nitrogen and oxygen atoms in total. The van der Waals surface area contributed by atoms with Crippen molar-refractivity contribution in [3.05, 3.63) is 71.0 Å². The van der Waals surface area contributed by atoms with Crippen molar-refractivity contribution in [3.8, 4) is 10.6 Å². The lowest BCUT2D eigenvalue weighted by atomic mass is 10.1. The summed E-state index contributed by atoms with van der Waals surface area (Å²) >= 11 is 1.47. The van der Waals surface area contributed by atoms with E-state index in [1.54, 1.807) is 0 Å². The molecule has 0 aliphatic rings. The van der Waals surface area contributed by atoms with Gasteiger partial charge in [-0.2, -0.15) is 0 Å². The molecular weight excluding hydrogens is 347 g/mol. The molecule has 0 saturated carbocycles. The van der Waals surface area contributed by atoms with E-state index in [0.717, 1.165) is 28.3 Å². The smallest absolute Gasteiger partial charge is 0.240 e. The predicted octanol–water partition coefficient (Wildman–Crippen LogP) is 3.74. The maximum atomic E-state index is 12.9. The predicted molar refractivity (Wildman–Crippen MR) is 92.7 cm³/mol. The lowest BCUT2D eigenvalue weighted by Crippen LogP contribution is -2.23. The Kier molecular flexibility index (Phi) is 4.75. The highest BCUT2D eigenvalue weighted by Crippen LogP contribution is 2.26. The van der Waals surface area contributed by atoms with Gasteiger partial charge in [0.15, 0.2) is 0 Å². The van der Waals surface area contributed by atoms with Gasteiger partial charge in [0.05, 0.1) is 17.1 Å². The van der Waals surface area contributed by atoms with Crippen molar-refractivity contribution in [2.45, 2.75) is 18.4 Å². The second kappa shape index (κ2) is 6.80. The quantitative estimate of drug-likeness (QED) is 0.752. The Hall–Kier alpha value is -2.09. The van der Waals surface area contributed by atoms with Gasteiger partial charge in [0.25, 0.3) is 0 Å². The molecule has 0 spiro atoms. The van der Waals surface area contributed by atoms with E-state index < -0.39 is 15.8 Å². The molecule has 3 rings (SSSR count). The summed E-state index contributed by atoms with van der Waals surface area (Å²) in [4.78, 5) is 4.51. The van der Waals surface area contributed by atoms with Crippen LogP contribution >= 0.6 is 11.3 Å². The van der Waals surface area contributed by atoms with E-state index in [9.17, 15) is 12.8 Å². The first-order chi connectivity index (χ1) is 11.5. The number of thiazole rings is 1. The summed E-state index contributed by atoms with van der Waals surface area (Å²) in [5.74, 6) is -0.476. The topological polar surface area (TPSA) is 59.1 Å². The molecule has 1 aromatic heterocycles. The largest absolute Gasteiger partial charge is 0.240 e. The van der Waals surface area contributed by atoms with Crippen molar-refractivity contribution in [3.63, 3.8) is 0 Å². The van der Waals surface area contributed by atoms with Crippen LogP contribution in [-0.4, -0.2) is 13.4 Å². The molecule has 0 aliphatic carbocycles. The molecule has 0 radical (unpaired) electrons. The lowest BCUT2D eigenvalue weighted by molar-refractivity contribution is 0.579. The van der Waals surface area contributed by atoms with Crippen molar-refractivity contribution in [1.82, 2.24) is 9.71 Å². The molecule has 0 unspecified atom stereocenters. The third kappa shape index (κ3) is 3.69. The Morgan fingerprint density at radius 1 is 1.12 bits per heavy atom. The van der Waals surface area contributed by atoms with Crippen LogP contribution in [0.15, 0.2) is 58.8 Å². The Labute approximate surface area is 144 Å². The summed E-state index contributed by atoms with van der Waals surface area (Å²) < 4.78 is 39.8. The number of hydrogen-bond acceptors (Lipinski definition) is 4. The highest BCUT2D eigenvalue weighted by atomic mass is 32.2. The Balaban J connectivity index is 1.74. The van der Waals surface area contributed by atoms with Crippen molar-refractivity contribution in [2.75, 3.05) is 0 Å². The Morgan fingerprint density at radius 2 is 1.83 bits per heavy atom. The highest BCUT2D eigenvalue weighted by Gasteiger charge is 2.15. The van der Waals surface area contributed by atoms with Crippen LogP contribution < -0.4 is 4.72 Å². The first-order valence-corrected chi connectivity index (χ1v) is 9.57. The van der Waals surface area contributed by atoms with E-state index in [1.807, 2.05) is 36.6 Å². The van der Waals surface area contributed by atoms with Gasteiger partial charge in [-0.15, -0.1) is 11.3 Å². The van der Waals surface area contributed by atoms with E-state index in [2.05, 4.69) is 9.71 Å². The molecule has 0 aliphatic heterocycles. The SMILES string of the molecule is Cc1ccccc1-c1nc(CNS(=O)(=O)c2ccc(F)cc2)cs1. The third-order valence-electron chi connectivity index (χ3n) is 3.49. The first-order valence-electron chi connectivity index (χ1n) is 7.21. The number of sulfonamides is 1. The van der Waals surface area contributed by atoms with E-state index in [4.69, 9.17) is 0 Å². The number of nitrogens with zero attached hydrogens (tertiary/aromatic N) is 1. The minimum atomic E-state index is -3.69. The maximum absolute atomic E-state index is 12.9. The minimum absolute atomic E-state index is 0.0262. The molecule has 2 aromatic carbocycles. The standard InChI is InChI=1S/C17H15FN2O2S2/c1-12-4-2-3-5-16(12)17-20-14(11-23-17)10-19-24(21,22)15-8-6-13(18)7-9-15/h2-9,11,19H,10H2,1H3. The molecule has 7 heteroatoms. The summed E-state index contributed by atoms with van der Waals surface area (Å²) in [7, 11) is -3.69. The van der Waals surface area contributed by atoms with Gasteiger partial charge in [-0.25, -0.2) is 22.5 Å². The van der Waals surface area contributed by atoms with Crippen molar-refractivity contribution in [1.29, 1.82) is 0 Å². The number of rotatable bonds is 5. The molecule has 0 bridgehead atoms. The van der Waals surface area contributed by atoms with Crippen LogP contribution in [0.3, 0.4) is 0 Å². The molecule has 0 amide bonds. The van der Waals surface area contributed by atoms with E-state index >= 15 is 0 Å². The molecule has 0 fully saturated rings. The van der Waals surface area contributed by atoms with Gasteiger partial charge < -0.3 is 0 Å². The molecule has 0 atom stereocenters. The van der Waals surface area contributed by atoms with Crippen LogP contribution in [0, 0.1) is 12.7 Å². The molecule has 1 N–H and O–H groups in total. The number of benzene rings is 2. The van der Waals surface area contributed by atoms with Gasteiger partial charge in [-0.3, -0.25) is 0 Å². The second-order valence-electron chi connectivity index (χ2n) is 5.24. The molecule has 0 saturated heterocycles. The van der Waals surface area contributed by atoms with Gasteiger partial charge in [-0.05, 0) is 36.8 Å². The Morgan fingerprint density at radius 3 is 2.54 bits per heavy atom. The van der Waals surface area contributed by atoms with Crippen molar-refractivity contribution < 1.29 is 12.8 Å². The van der Waals surface area contributed by atoms with E-state index in [1.165, 1.54) is 23.5 Å². The average molecular weight is 362 g/mol. The molecular formula is C17H15FN2O2S2. The van der Waals surface area contributed by atoms with Gasteiger partial charge >= 0.3 is 0 Å². The van der Waals surface area contributed by atoms with Crippen LogP contribution in [0.5, 0.6) is 0 Å². The van der Waals surface area contributed by atoms with Gasteiger partial charge in [0.2, 0.25) is 10.0 Å². The summed E-state index contributed by atoms with van der Waals surface area (Å²) in [6.45, 7) is 2.09. The molecule has 124 valence electrons. The number of halogens is 1. The van der Waals surface area contributed by atoms with Crippen LogP contribution in [0.4, 0.5) is 4.39 Å². The van der Waals surface area contributed by atoms with Crippen LogP contribution in [0.1, 0.15) is 11.3 Å². The zero-order chi connectivity index (χ0) is 17.2. The van der Waals surface area contributed by atoms with Crippen LogP contribution in [0.25, 0.3) is 10.6 Å². The molecule has 24 heavy (non-hydrogen) atoms. The van der Waals surface area contributed by atoms with Gasteiger partial charge in [-0.1, -0.05) is 24.3 Å². The van der Waals surface area contributed by atoms with Gasteiger partial charge in [0, 0.05) is 10.9 Å². The fourth-order valence-corrected chi connectivity index (χ4v) is 4.10. The van der Waals surface area contributed by atoms with Crippen LogP contribution in [0.2, 0.25) is 0 Å². The van der Waals surface area contributed by atoms with Crippen molar-refractivity contribution >= 4 is 21.4 Å². The average Bonchev–Trinajstić information content (AvgIpc) is 3.03. The second-order valence-corrected chi connectivity index (χ2v) is 7.86.